The van der Waals surface area contributed by atoms with Crippen LogP contribution >= 0.6 is 51.0 Å². The molecular formula is C25H30FmNO11PS4. The number of carbonyl (C=O) groups is 3. The van der Waals surface area contributed by atoms with Gasteiger partial charge in [0, 0.05) is 16.2 Å². The van der Waals surface area contributed by atoms with Crippen molar-refractivity contribution in [1.29, 1.82) is 0 Å². The first kappa shape index (κ1) is 35.0. The SMILES string of the molecule is C/C=C/C/C=C/CCC1(O)C2OC2C(=O)N1COP1(=O)OCc2cc(SSCC(=O)O)c(SSCC(=O)O)cc2CO1.[Fm]. The van der Waals surface area contributed by atoms with Gasteiger partial charge in [-0.15, -0.1) is 0 Å². The van der Waals surface area contributed by atoms with Gasteiger partial charge in [-0.3, -0.25) is 32.9 Å². The molecule has 0 saturated carbocycles. The fraction of sp³-hybridized carbons (Fsp3) is 0.480. The van der Waals surface area contributed by atoms with E-state index in [0.29, 0.717) is 27.3 Å². The molecule has 2 saturated heterocycles. The van der Waals surface area contributed by atoms with Crippen molar-refractivity contribution < 1.29 is 52.6 Å². The largest absolute Gasteiger partial charge is 0.481 e. The minimum atomic E-state index is -4.17. The molecule has 3 N–H and O–H groups in total. The third kappa shape index (κ3) is 9.03. The fourth-order valence-electron chi connectivity index (χ4n) is 4.19. The molecule has 1 aromatic carbocycles. The van der Waals surface area contributed by atoms with Crippen LogP contribution in [0, 0.1) is 0 Å². The Hall–Kier alpha value is -2.46. The van der Waals surface area contributed by atoms with Crippen LogP contribution in [0.5, 0.6) is 0 Å². The van der Waals surface area contributed by atoms with Gasteiger partial charge >= 0.3 is 19.8 Å². The zero-order chi connectivity index (χ0) is 30.3. The van der Waals surface area contributed by atoms with Gasteiger partial charge in [-0.2, -0.15) is 0 Å². The van der Waals surface area contributed by atoms with Crippen molar-refractivity contribution in [3.8, 4) is 0 Å². The van der Waals surface area contributed by atoms with Crippen LogP contribution in [-0.2, 0) is 50.5 Å². The van der Waals surface area contributed by atoms with Crippen molar-refractivity contribution in [3.63, 3.8) is 0 Å². The van der Waals surface area contributed by atoms with E-state index in [1.807, 2.05) is 31.2 Å². The average molecular weight is 937 g/mol. The number of fused-ring (bicyclic) bond motifs is 2. The predicted octanol–water partition coefficient (Wildman–Crippen LogP) is 5.07. The molecule has 12 nitrogen and oxygen atoms in total. The summed E-state index contributed by atoms with van der Waals surface area (Å²) in [6.07, 6.45) is 7.78. The first-order valence-electron chi connectivity index (χ1n) is 12.7. The van der Waals surface area contributed by atoms with Gasteiger partial charge in [0.15, 0.2) is 11.8 Å². The number of benzene rings is 1. The maximum absolute atomic E-state index is 13.4. The molecule has 3 aliphatic rings. The van der Waals surface area contributed by atoms with E-state index in [1.165, 1.54) is 21.6 Å². The van der Waals surface area contributed by atoms with E-state index < -0.39 is 50.3 Å². The van der Waals surface area contributed by atoms with E-state index in [1.54, 1.807) is 12.1 Å². The Balaban J connectivity index is 0.00000506. The summed E-state index contributed by atoms with van der Waals surface area (Å²) in [6.45, 7) is 1.10. The van der Waals surface area contributed by atoms with Crippen molar-refractivity contribution in [3.05, 3.63) is 47.6 Å². The number of phosphoric acid groups is 1. The molecule has 0 radical (unpaired) electrons. The summed E-state index contributed by atoms with van der Waals surface area (Å²) in [6, 6.07) is 3.52. The molecule has 0 spiro atoms. The molecule has 3 aliphatic heterocycles. The maximum Gasteiger partial charge on any atom is 0.477 e. The van der Waals surface area contributed by atoms with Crippen molar-refractivity contribution in [2.45, 2.75) is 67.1 Å². The number of amides is 1. The van der Waals surface area contributed by atoms with Crippen molar-refractivity contribution in [2.75, 3.05) is 18.2 Å². The Bertz CT molecular complexity index is 1250. The smallest absolute Gasteiger partial charge is 0.477 e. The van der Waals surface area contributed by atoms with Crippen LogP contribution in [0.25, 0.3) is 0 Å². The molecule has 0 aromatic heterocycles. The molecular weight excluding hydrogens is 907 g/mol. The Morgan fingerprint density at radius 1 is 1.07 bits per heavy atom. The Kier molecular flexibility index (Phi) is 12.6. The normalized spacial score (nSPS) is 24.0. The predicted molar refractivity (Wildman–Crippen MR) is 160 cm³/mol. The first-order valence-corrected chi connectivity index (χ1v) is 18.8. The zero-order valence-electron chi connectivity index (χ0n) is 22.7. The van der Waals surface area contributed by atoms with Gasteiger partial charge in [0.25, 0.3) is 5.91 Å². The fourth-order valence-corrected chi connectivity index (χ4v) is 9.62. The number of likely N-dealkylation sites (tertiary alicyclic amines) is 1. The second-order valence-corrected chi connectivity index (χ2v) is 15.6. The number of rotatable bonds is 16. The molecule has 43 heavy (non-hydrogen) atoms. The summed E-state index contributed by atoms with van der Waals surface area (Å²) in [5, 5.41) is 29.3. The number of epoxide rings is 1. The van der Waals surface area contributed by atoms with Gasteiger partial charge in [-0.05, 0) is 43.0 Å². The minimum Gasteiger partial charge on any atom is -0.481 e. The summed E-state index contributed by atoms with van der Waals surface area (Å²) < 4.78 is 35.4. The van der Waals surface area contributed by atoms with Crippen LogP contribution in [0.1, 0.15) is 37.3 Å². The van der Waals surface area contributed by atoms with E-state index in [-0.39, 0.29) is 31.1 Å². The van der Waals surface area contributed by atoms with Crippen LogP contribution in [-0.4, -0.2) is 74.2 Å². The number of hydrogen-bond acceptors (Lipinski definition) is 13. The number of carboxylic acid groups (broad SMARTS) is 2. The van der Waals surface area contributed by atoms with Crippen LogP contribution in [0.15, 0.2) is 46.2 Å². The number of allylic oxidation sites excluding steroid dienone is 4. The second kappa shape index (κ2) is 15.5. The molecule has 0 aliphatic carbocycles. The summed E-state index contributed by atoms with van der Waals surface area (Å²) in [5.41, 5.74) is -0.356. The van der Waals surface area contributed by atoms with Gasteiger partial charge in [0.05, 0.1) is 13.2 Å². The maximum atomic E-state index is 13.4. The zero-order valence-corrected chi connectivity index (χ0v) is 29.3. The van der Waals surface area contributed by atoms with Gasteiger partial charge in [0.2, 0.25) is 0 Å². The average Bonchev–Trinajstić information content (AvgIpc) is 3.73. The number of carbonyl (C=O) groups excluding carboxylic acids is 1. The molecule has 3 atom stereocenters. The number of aliphatic carboxylic acids is 2. The first-order chi connectivity index (χ1) is 20.1. The van der Waals surface area contributed by atoms with Crippen LogP contribution in [0.4, 0.5) is 0 Å². The Morgan fingerprint density at radius 2 is 1.65 bits per heavy atom. The van der Waals surface area contributed by atoms with Gasteiger partial charge in [-0.1, -0.05) is 67.5 Å². The second-order valence-electron chi connectivity index (χ2n) is 9.24. The van der Waals surface area contributed by atoms with Gasteiger partial charge in [-0.25, -0.2) is 4.57 Å². The summed E-state index contributed by atoms with van der Waals surface area (Å²) >= 11 is 0. The van der Waals surface area contributed by atoms with Crippen LogP contribution < -0.4 is 0 Å². The number of phosphoric ester groups is 1. The topological polar surface area (TPSA) is 172 Å². The monoisotopic (exact) mass is 936 g/mol. The third-order valence-electron chi connectivity index (χ3n) is 6.31. The van der Waals surface area contributed by atoms with Crippen LogP contribution in [0.2, 0.25) is 0 Å². The van der Waals surface area contributed by atoms with Crippen molar-refractivity contribution in [1.82, 2.24) is 4.90 Å². The third-order valence-corrected chi connectivity index (χ3v) is 12.3. The molecule has 18 heteroatoms. The standard InChI is InChI=1S/C25H30NO11PS4.Fm/c1-2-3-4-5-6-7-8-25(32)23-22(37-23)24(31)26(25)15-36-38(33)34-11-16-9-18(41-39-13-20(27)28)19(10-17(16)12-35-38)42-40-14-21(29)30;/h2-3,5-6,9-10,22-23,32H,4,7-8,11-15H2,1H3,(H,27,28)(H,29,30);/b3-2+,6-5+;. The van der Waals surface area contributed by atoms with E-state index in [9.17, 15) is 24.1 Å². The molecule has 3 heterocycles. The van der Waals surface area contributed by atoms with E-state index in [2.05, 4.69) is 0 Å². The van der Waals surface area contributed by atoms with Crippen molar-refractivity contribution in [2.24, 2.45) is 0 Å². The molecule has 3 unspecified atom stereocenters. The van der Waals surface area contributed by atoms with E-state index in [0.717, 1.165) is 32.9 Å². The quantitative estimate of drug-likeness (QED) is 0.0869. The number of nitrogens with zero attached hydrogens (tertiary/aromatic N) is 1. The van der Waals surface area contributed by atoms with E-state index in [4.69, 9.17) is 28.5 Å². The number of hydrogen-bond donors (Lipinski definition) is 3. The number of ether oxygens (including phenoxy) is 1. The van der Waals surface area contributed by atoms with Gasteiger partial charge in [0.1, 0.15) is 24.3 Å². The summed E-state index contributed by atoms with van der Waals surface area (Å²) in [7, 11) is 0.492. The number of aliphatic hydroxyl groups is 1. The van der Waals surface area contributed by atoms with Gasteiger partial charge < -0.3 is 20.1 Å². The Labute approximate surface area is 258 Å². The summed E-state index contributed by atoms with van der Waals surface area (Å²) in [5.74, 6) is -2.69. The molecule has 4 rings (SSSR count). The van der Waals surface area contributed by atoms with Crippen LogP contribution in [0.3, 0.4) is 0 Å². The van der Waals surface area contributed by atoms with E-state index >= 15 is 0 Å². The molecule has 1 amide bonds. The number of carboxylic acids is 2. The molecule has 2 fully saturated rings. The summed E-state index contributed by atoms with van der Waals surface area (Å²) in [4.78, 5) is 37.2. The number of morpholine rings is 1. The minimum absolute atomic E-state index is 0. The molecule has 242 valence electrons. The molecule has 0 bridgehead atoms. The Morgan fingerprint density at radius 3 is 2.19 bits per heavy atom. The van der Waals surface area contributed by atoms with Crippen molar-refractivity contribution >= 4 is 68.8 Å². The molecule has 1 aromatic rings.